The molecule has 1 N–H and O–H groups in total. The zero-order valence-corrected chi connectivity index (χ0v) is 14.6. The predicted octanol–water partition coefficient (Wildman–Crippen LogP) is 4.02. The Bertz CT molecular complexity index is 695. The van der Waals surface area contributed by atoms with Crippen LogP contribution < -0.4 is 5.32 Å². The molecule has 0 saturated heterocycles. The molecule has 2 aromatic carbocycles. The molecule has 7 heteroatoms. The van der Waals surface area contributed by atoms with Gasteiger partial charge in [0.05, 0.1) is 9.40 Å². The Morgan fingerprint density at radius 2 is 1.96 bits per heavy atom. The summed E-state index contributed by atoms with van der Waals surface area (Å²) in [6, 6.07) is 14.4. The summed E-state index contributed by atoms with van der Waals surface area (Å²) in [6.45, 7) is 0.514. The van der Waals surface area contributed by atoms with E-state index in [1.165, 1.54) is 17.7 Å². The summed E-state index contributed by atoms with van der Waals surface area (Å²) in [7, 11) is 0. The highest BCUT2D eigenvalue weighted by Crippen LogP contribution is 2.25. The van der Waals surface area contributed by atoms with Crippen LogP contribution >= 0.6 is 27.7 Å². The Labute approximate surface area is 146 Å². The molecule has 0 aliphatic heterocycles. The summed E-state index contributed by atoms with van der Waals surface area (Å²) in [5.74, 6) is 1.36. The lowest BCUT2D eigenvalue weighted by atomic mass is 10.2. The van der Waals surface area contributed by atoms with Crippen molar-refractivity contribution in [1.29, 1.82) is 0 Å². The van der Waals surface area contributed by atoms with E-state index in [0.717, 1.165) is 11.5 Å². The van der Waals surface area contributed by atoms with Crippen LogP contribution in [0.4, 0.5) is 5.69 Å². The van der Waals surface area contributed by atoms with Gasteiger partial charge in [0.2, 0.25) is 0 Å². The van der Waals surface area contributed by atoms with Gasteiger partial charge in [0.15, 0.2) is 0 Å². The van der Waals surface area contributed by atoms with Gasteiger partial charge in [0.25, 0.3) is 11.6 Å². The molecule has 2 aromatic rings. The smallest absolute Gasteiger partial charge is 0.284 e. The topological polar surface area (TPSA) is 72.2 Å². The first kappa shape index (κ1) is 17.5. The molecular weight excluding hydrogens is 380 g/mol. The summed E-state index contributed by atoms with van der Waals surface area (Å²) in [5, 5.41) is 13.6. The van der Waals surface area contributed by atoms with Crippen molar-refractivity contribution in [3.63, 3.8) is 0 Å². The van der Waals surface area contributed by atoms with Crippen molar-refractivity contribution in [1.82, 2.24) is 5.32 Å². The van der Waals surface area contributed by atoms with Crippen molar-refractivity contribution in [2.24, 2.45) is 0 Å². The minimum atomic E-state index is -0.517. The molecular formula is C16H15BrN2O3S. The Morgan fingerprint density at radius 1 is 1.22 bits per heavy atom. The van der Waals surface area contributed by atoms with Crippen LogP contribution in [0, 0.1) is 10.1 Å². The quantitative estimate of drug-likeness (QED) is 0.437. The molecule has 0 saturated carbocycles. The van der Waals surface area contributed by atoms with Gasteiger partial charge in [0.1, 0.15) is 0 Å². The molecule has 0 aromatic heterocycles. The molecule has 5 nitrogen and oxygen atoms in total. The Balaban J connectivity index is 1.79. The fraction of sp³-hybridized carbons (Fsp3) is 0.188. The van der Waals surface area contributed by atoms with Gasteiger partial charge < -0.3 is 5.32 Å². The molecule has 1 amide bonds. The molecule has 0 aliphatic rings. The second kappa shape index (κ2) is 8.69. The third-order valence-electron chi connectivity index (χ3n) is 3.05. The number of nitrogens with one attached hydrogen (secondary N) is 1. The third kappa shape index (κ3) is 5.37. The van der Waals surface area contributed by atoms with Gasteiger partial charge in [0, 0.05) is 29.7 Å². The molecule has 0 heterocycles. The van der Waals surface area contributed by atoms with Gasteiger partial charge >= 0.3 is 0 Å². The van der Waals surface area contributed by atoms with E-state index < -0.39 is 4.92 Å². The minimum absolute atomic E-state index is 0.115. The number of rotatable bonds is 7. The van der Waals surface area contributed by atoms with Gasteiger partial charge in [-0.1, -0.05) is 30.3 Å². The Kier molecular flexibility index (Phi) is 6.61. The van der Waals surface area contributed by atoms with Crippen molar-refractivity contribution in [2.75, 3.05) is 12.3 Å². The normalized spacial score (nSPS) is 10.3. The predicted molar refractivity (Wildman–Crippen MR) is 95.7 cm³/mol. The first-order valence-electron chi connectivity index (χ1n) is 6.92. The standard InChI is InChI=1S/C16H15BrN2O3S/c17-14-7-6-13(10-15(14)19(21)22)16(20)18-8-9-23-11-12-4-2-1-3-5-12/h1-7,10H,8-9,11H2,(H,18,20). The van der Waals surface area contributed by atoms with Crippen LogP contribution in [0.3, 0.4) is 0 Å². The van der Waals surface area contributed by atoms with Crippen LogP contribution in [0.1, 0.15) is 15.9 Å². The minimum Gasteiger partial charge on any atom is -0.351 e. The number of halogens is 1. The first-order chi connectivity index (χ1) is 11.1. The van der Waals surface area contributed by atoms with Crippen LogP contribution in [-0.2, 0) is 5.75 Å². The largest absolute Gasteiger partial charge is 0.351 e. The SMILES string of the molecule is O=C(NCCSCc1ccccc1)c1ccc(Br)c([N+](=O)[O-])c1. The number of amides is 1. The molecule has 0 aliphatic carbocycles. The number of carbonyl (C=O) groups excluding carboxylic acids is 1. The van der Waals surface area contributed by atoms with Gasteiger partial charge in [-0.05, 0) is 33.6 Å². The Hall–Kier alpha value is -1.86. The number of nitrogens with zero attached hydrogens (tertiary/aromatic N) is 1. The van der Waals surface area contributed by atoms with Crippen molar-refractivity contribution in [3.05, 3.63) is 74.2 Å². The molecule has 120 valence electrons. The van der Waals surface area contributed by atoms with Gasteiger partial charge in [-0.2, -0.15) is 11.8 Å². The summed E-state index contributed by atoms with van der Waals surface area (Å²) in [4.78, 5) is 22.4. The number of nitro groups is 1. The van der Waals surface area contributed by atoms with Crippen molar-refractivity contribution in [2.45, 2.75) is 5.75 Å². The van der Waals surface area contributed by atoms with E-state index in [1.54, 1.807) is 17.8 Å². The first-order valence-corrected chi connectivity index (χ1v) is 8.86. The zero-order valence-electron chi connectivity index (χ0n) is 12.2. The molecule has 23 heavy (non-hydrogen) atoms. The second-order valence-electron chi connectivity index (χ2n) is 4.72. The fourth-order valence-corrected chi connectivity index (χ4v) is 3.11. The van der Waals surface area contributed by atoms with Crippen LogP contribution in [0.2, 0.25) is 0 Å². The maximum atomic E-state index is 12.0. The fourth-order valence-electron chi connectivity index (χ4n) is 1.90. The van der Waals surface area contributed by atoms with Gasteiger partial charge in [-0.25, -0.2) is 0 Å². The van der Waals surface area contributed by atoms with Crippen molar-refractivity contribution in [3.8, 4) is 0 Å². The third-order valence-corrected chi connectivity index (χ3v) is 4.75. The molecule has 2 rings (SSSR count). The number of carbonyl (C=O) groups is 1. The maximum Gasteiger partial charge on any atom is 0.284 e. The summed E-state index contributed by atoms with van der Waals surface area (Å²) in [5.41, 5.74) is 1.41. The number of hydrogen-bond donors (Lipinski definition) is 1. The molecule has 0 unspecified atom stereocenters. The van der Waals surface area contributed by atoms with E-state index in [0.29, 0.717) is 11.0 Å². The van der Waals surface area contributed by atoms with Crippen molar-refractivity contribution >= 4 is 39.3 Å². The van der Waals surface area contributed by atoms with Crippen LogP contribution in [0.15, 0.2) is 53.0 Å². The summed E-state index contributed by atoms with van der Waals surface area (Å²) >= 11 is 4.82. The monoisotopic (exact) mass is 394 g/mol. The average Bonchev–Trinajstić information content (AvgIpc) is 2.55. The van der Waals surface area contributed by atoms with Gasteiger partial charge in [-0.15, -0.1) is 0 Å². The zero-order chi connectivity index (χ0) is 16.7. The number of thioether (sulfide) groups is 1. The molecule has 0 atom stereocenters. The lowest BCUT2D eigenvalue weighted by Crippen LogP contribution is -2.25. The van der Waals surface area contributed by atoms with E-state index >= 15 is 0 Å². The van der Waals surface area contributed by atoms with Crippen molar-refractivity contribution < 1.29 is 9.72 Å². The van der Waals surface area contributed by atoms with Crippen LogP contribution in [-0.4, -0.2) is 23.1 Å². The van der Waals surface area contributed by atoms with Gasteiger partial charge in [-0.3, -0.25) is 14.9 Å². The number of hydrogen-bond acceptors (Lipinski definition) is 4. The van der Waals surface area contributed by atoms with Crippen LogP contribution in [0.25, 0.3) is 0 Å². The number of benzene rings is 2. The average molecular weight is 395 g/mol. The highest BCUT2D eigenvalue weighted by Gasteiger charge is 2.15. The van der Waals surface area contributed by atoms with E-state index in [4.69, 9.17) is 0 Å². The van der Waals surface area contributed by atoms with E-state index in [2.05, 4.69) is 33.4 Å². The lowest BCUT2D eigenvalue weighted by Gasteiger charge is -2.06. The highest BCUT2D eigenvalue weighted by atomic mass is 79.9. The number of nitro benzene ring substituents is 1. The van der Waals surface area contributed by atoms with E-state index in [9.17, 15) is 14.9 Å². The maximum absolute atomic E-state index is 12.0. The molecule has 0 bridgehead atoms. The highest BCUT2D eigenvalue weighted by molar-refractivity contribution is 9.10. The van der Waals surface area contributed by atoms with E-state index in [1.807, 2.05) is 18.2 Å². The second-order valence-corrected chi connectivity index (χ2v) is 6.68. The Morgan fingerprint density at radius 3 is 2.65 bits per heavy atom. The molecule has 0 fully saturated rings. The van der Waals surface area contributed by atoms with Crippen LogP contribution in [0.5, 0.6) is 0 Å². The lowest BCUT2D eigenvalue weighted by molar-refractivity contribution is -0.385. The summed E-state index contributed by atoms with van der Waals surface area (Å²) in [6.07, 6.45) is 0. The molecule has 0 radical (unpaired) electrons. The van der Waals surface area contributed by atoms with E-state index in [-0.39, 0.29) is 17.2 Å². The summed E-state index contributed by atoms with van der Waals surface area (Å²) < 4.78 is 0.359. The molecule has 0 spiro atoms.